The number of alkyl halides is 1. The lowest BCUT2D eigenvalue weighted by atomic mass is 9.87. The molecule has 0 saturated carbocycles. The molecule has 0 saturated heterocycles. The highest BCUT2D eigenvalue weighted by atomic mass is 35.5. The van der Waals surface area contributed by atoms with Crippen LogP contribution < -0.4 is 4.74 Å². The van der Waals surface area contributed by atoms with Crippen LogP contribution in [0.1, 0.15) is 17.5 Å². The smallest absolute Gasteiger partial charge is 0.343 e. The van der Waals surface area contributed by atoms with Crippen molar-refractivity contribution in [3.05, 3.63) is 103 Å². The Morgan fingerprint density at radius 3 is 2.28 bits per heavy atom. The number of esters is 1. The van der Waals surface area contributed by atoms with E-state index in [1.54, 1.807) is 6.08 Å². The summed E-state index contributed by atoms with van der Waals surface area (Å²) in [5, 5.41) is 0. The number of carbonyl (C=O) groups excluding carboxylic acids is 1. The summed E-state index contributed by atoms with van der Waals surface area (Å²) < 4.78 is 10.1. The van der Waals surface area contributed by atoms with Gasteiger partial charge in [0.15, 0.2) is 6.61 Å². The molecule has 3 nitrogen and oxygen atoms in total. The van der Waals surface area contributed by atoms with Crippen LogP contribution in [0.4, 0.5) is 0 Å². The molecule has 0 heterocycles. The standard InChI is InChI=1S/C25H25ClO3/c1-4-9-19(5-2)25(23(16-17-26)20-10-7-6-8-11-20)21-12-14-22(15-13-21)29-18-24(27)28-3/h4-15H,1-2,16-18H2,3H3/b19-9+,25-23-. The van der Waals surface area contributed by atoms with Crippen LogP contribution in [-0.4, -0.2) is 25.6 Å². The molecule has 0 aliphatic heterocycles. The Morgan fingerprint density at radius 2 is 1.72 bits per heavy atom. The highest BCUT2D eigenvalue weighted by Crippen LogP contribution is 2.36. The molecule has 0 fully saturated rings. The van der Waals surface area contributed by atoms with Gasteiger partial charge in [0.2, 0.25) is 0 Å². The fourth-order valence-electron chi connectivity index (χ4n) is 2.96. The van der Waals surface area contributed by atoms with Gasteiger partial charge in [-0.05, 0) is 46.4 Å². The van der Waals surface area contributed by atoms with Crippen molar-refractivity contribution in [3.8, 4) is 5.75 Å². The maximum atomic E-state index is 11.3. The molecule has 0 N–H and O–H groups in total. The fourth-order valence-corrected chi connectivity index (χ4v) is 3.15. The third kappa shape index (κ3) is 6.23. The zero-order chi connectivity index (χ0) is 21.1. The summed E-state index contributed by atoms with van der Waals surface area (Å²) in [6.07, 6.45) is 6.19. The van der Waals surface area contributed by atoms with E-state index in [1.165, 1.54) is 7.11 Å². The summed E-state index contributed by atoms with van der Waals surface area (Å²) in [7, 11) is 1.33. The first-order chi connectivity index (χ1) is 14.1. The summed E-state index contributed by atoms with van der Waals surface area (Å²) in [6, 6.07) is 17.7. The van der Waals surface area contributed by atoms with Gasteiger partial charge in [-0.25, -0.2) is 4.79 Å². The second kappa shape index (κ2) is 11.7. The van der Waals surface area contributed by atoms with Crippen molar-refractivity contribution < 1.29 is 14.3 Å². The van der Waals surface area contributed by atoms with Gasteiger partial charge in [-0.2, -0.15) is 0 Å². The summed E-state index contributed by atoms with van der Waals surface area (Å²) in [5.41, 5.74) is 5.20. The van der Waals surface area contributed by atoms with Crippen LogP contribution in [0.2, 0.25) is 0 Å². The van der Waals surface area contributed by atoms with Crippen LogP contribution in [0.3, 0.4) is 0 Å². The van der Waals surface area contributed by atoms with Gasteiger partial charge in [-0.3, -0.25) is 0 Å². The topological polar surface area (TPSA) is 35.5 Å². The molecule has 0 spiro atoms. The molecule has 0 atom stereocenters. The summed E-state index contributed by atoms with van der Waals surface area (Å²) in [5.74, 6) is 0.656. The number of ether oxygens (including phenoxy) is 2. The number of hydrogen-bond donors (Lipinski definition) is 0. The van der Waals surface area contributed by atoms with Gasteiger partial charge in [0.1, 0.15) is 5.75 Å². The van der Waals surface area contributed by atoms with E-state index in [-0.39, 0.29) is 6.61 Å². The van der Waals surface area contributed by atoms with Crippen molar-refractivity contribution in [1.29, 1.82) is 0 Å². The van der Waals surface area contributed by atoms with E-state index in [1.807, 2.05) is 54.6 Å². The highest BCUT2D eigenvalue weighted by Gasteiger charge is 2.14. The Hall–Kier alpha value is -3.04. The van der Waals surface area contributed by atoms with E-state index in [4.69, 9.17) is 16.3 Å². The van der Waals surface area contributed by atoms with Crippen molar-refractivity contribution in [3.63, 3.8) is 0 Å². The summed E-state index contributed by atoms with van der Waals surface area (Å²) in [4.78, 5) is 11.3. The van der Waals surface area contributed by atoms with Crippen LogP contribution >= 0.6 is 11.6 Å². The number of hydrogen-bond acceptors (Lipinski definition) is 3. The van der Waals surface area contributed by atoms with E-state index in [0.717, 1.165) is 27.8 Å². The monoisotopic (exact) mass is 408 g/mol. The predicted molar refractivity (Wildman–Crippen MR) is 121 cm³/mol. The van der Waals surface area contributed by atoms with Crippen LogP contribution in [0.25, 0.3) is 11.1 Å². The first-order valence-electron chi connectivity index (χ1n) is 9.24. The quantitative estimate of drug-likeness (QED) is 0.207. The van der Waals surface area contributed by atoms with E-state index in [9.17, 15) is 4.79 Å². The lowest BCUT2D eigenvalue weighted by molar-refractivity contribution is -0.142. The number of carbonyl (C=O) groups is 1. The van der Waals surface area contributed by atoms with E-state index in [0.29, 0.717) is 18.1 Å². The molecule has 150 valence electrons. The van der Waals surface area contributed by atoms with Gasteiger partial charge in [0, 0.05) is 5.88 Å². The molecular formula is C25H25ClO3. The average Bonchev–Trinajstić information content (AvgIpc) is 2.77. The van der Waals surface area contributed by atoms with Gasteiger partial charge in [-0.15, -0.1) is 11.6 Å². The van der Waals surface area contributed by atoms with Gasteiger partial charge < -0.3 is 9.47 Å². The Balaban J connectivity index is 2.56. The molecule has 2 aromatic carbocycles. The molecule has 2 aromatic rings. The number of halogens is 1. The van der Waals surface area contributed by atoms with Gasteiger partial charge in [0.25, 0.3) is 0 Å². The van der Waals surface area contributed by atoms with Crippen molar-refractivity contribution in [2.45, 2.75) is 6.42 Å². The Labute approximate surface area is 177 Å². The molecule has 0 aliphatic rings. The van der Waals surface area contributed by atoms with Crippen molar-refractivity contribution in [1.82, 2.24) is 0 Å². The van der Waals surface area contributed by atoms with Crippen LogP contribution in [0.15, 0.2) is 91.6 Å². The molecule has 0 aliphatic carbocycles. The molecule has 29 heavy (non-hydrogen) atoms. The molecule has 2 rings (SSSR count). The van der Waals surface area contributed by atoms with E-state index >= 15 is 0 Å². The van der Waals surface area contributed by atoms with Gasteiger partial charge in [0.05, 0.1) is 7.11 Å². The number of benzene rings is 2. The minimum absolute atomic E-state index is 0.131. The molecule has 0 aromatic heterocycles. The van der Waals surface area contributed by atoms with Gasteiger partial charge in [-0.1, -0.05) is 73.9 Å². The summed E-state index contributed by atoms with van der Waals surface area (Å²) in [6.45, 7) is 7.68. The second-order valence-electron chi connectivity index (χ2n) is 6.11. The third-order valence-electron chi connectivity index (χ3n) is 4.30. The summed E-state index contributed by atoms with van der Waals surface area (Å²) >= 11 is 6.15. The minimum atomic E-state index is -0.425. The molecule has 0 bridgehead atoms. The number of rotatable bonds is 10. The van der Waals surface area contributed by atoms with Crippen molar-refractivity contribution in [2.24, 2.45) is 0 Å². The van der Waals surface area contributed by atoms with Crippen molar-refractivity contribution in [2.75, 3.05) is 19.6 Å². The van der Waals surface area contributed by atoms with E-state index in [2.05, 4.69) is 30.0 Å². The lowest BCUT2D eigenvalue weighted by Gasteiger charge is -2.18. The molecule has 0 unspecified atom stereocenters. The van der Waals surface area contributed by atoms with Crippen LogP contribution in [0, 0.1) is 0 Å². The second-order valence-corrected chi connectivity index (χ2v) is 6.49. The first kappa shape index (κ1) is 22.3. The maximum absolute atomic E-state index is 11.3. The first-order valence-corrected chi connectivity index (χ1v) is 9.78. The Morgan fingerprint density at radius 1 is 1.03 bits per heavy atom. The van der Waals surface area contributed by atoms with Gasteiger partial charge >= 0.3 is 5.97 Å². The zero-order valence-electron chi connectivity index (χ0n) is 16.6. The number of allylic oxidation sites excluding steroid dienone is 6. The average molecular weight is 409 g/mol. The van der Waals surface area contributed by atoms with Crippen LogP contribution in [-0.2, 0) is 9.53 Å². The maximum Gasteiger partial charge on any atom is 0.343 e. The SMILES string of the molecule is C=C/C=C(C=C)/C(=C(\CCCl)c1ccccc1)c1ccc(OCC(=O)OC)cc1. The highest BCUT2D eigenvalue weighted by molar-refractivity contribution is 6.18. The largest absolute Gasteiger partial charge is 0.482 e. The molecule has 4 heteroatoms. The van der Waals surface area contributed by atoms with E-state index < -0.39 is 5.97 Å². The predicted octanol–water partition coefficient (Wildman–Crippen LogP) is 6.08. The Kier molecular flexibility index (Phi) is 9.00. The lowest BCUT2D eigenvalue weighted by Crippen LogP contribution is -2.12. The third-order valence-corrected chi connectivity index (χ3v) is 4.49. The molecule has 0 radical (unpaired) electrons. The zero-order valence-corrected chi connectivity index (χ0v) is 17.3. The fraction of sp³-hybridized carbons (Fsp3) is 0.160. The molecular weight excluding hydrogens is 384 g/mol. The Bertz CT molecular complexity index is 893. The normalized spacial score (nSPS) is 12.0. The number of methoxy groups -OCH3 is 1. The van der Waals surface area contributed by atoms with Crippen LogP contribution in [0.5, 0.6) is 5.75 Å². The minimum Gasteiger partial charge on any atom is -0.482 e. The molecule has 0 amide bonds. The van der Waals surface area contributed by atoms with Crippen molar-refractivity contribution >= 4 is 28.7 Å².